The van der Waals surface area contributed by atoms with Crippen LogP contribution >= 0.6 is 0 Å². The molecule has 0 aliphatic carbocycles. The van der Waals surface area contributed by atoms with Gasteiger partial charge in [0.05, 0.1) is 16.9 Å². The highest BCUT2D eigenvalue weighted by atomic mass is 16.2. The molecule has 0 bridgehead atoms. The minimum Gasteiger partial charge on any atom is -0.397 e. The summed E-state index contributed by atoms with van der Waals surface area (Å²) in [7, 11) is 0. The van der Waals surface area contributed by atoms with Gasteiger partial charge in [-0.15, -0.1) is 0 Å². The predicted molar refractivity (Wildman–Crippen MR) is 85.1 cm³/mol. The molecule has 1 heterocycles. The summed E-state index contributed by atoms with van der Waals surface area (Å²) in [6.45, 7) is 3.35. The molecular weight excluding hydrogens is 262 g/mol. The number of benzene rings is 2. The van der Waals surface area contributed by atoms with Crippen LogP contribution in [0.5, 0.6) is 0 Å². The van der Waals surface area contributed by atoms with Crippen molar-refractivity contribution >= 4 is 17.3 Å². The van der Waals surface area contributed by atoms with Crippen LogP contribution in [0.4, 0.5) is 11.4 Å². The van der Waals surface area contributed by atoms with Gasteiger partial charge in [-0.2, -0.15) is 0 Å². The second-order valence-corrected chi connectivity index (χ2v) is 5.42. The molecule has 1 unspecified atom stereocenters. The summed E-state index contributed by atoms with van der Waals surface area (Å²) < 4.78 is 0. The number of nitrogens with zero attached hydrogens (tertiary/aromatic N) is 1. The van der Waals surface area contributed by atoms with Crippen LogP contribution in [-0.2, 0) is 6.54 Å². The van der Waals surface area contributed by atoms with Gasteiger partial charge in [0.2, 0.25) is 0 Å². The molecule has 1 amide bonds. The molecule has 0 aromatic heterocycles. The Morgan fingerprint density at radius 1 is 1.19 bits per heavy atom. The third kappa shape index (κ3) is 2.57. The number of para-hydroxylation sites is 1. The highest BCUT2D eigenvalue weighted by Crippen LogP contribution is 2.28. The van der Waals surface area contributed by atoms with E-state index < -0.39 is 0 Å². The lowest BCUT2D eigenvalue weighted by molar-refractivity contribution is 0.0693. The number of nitrogens with two attached hydrogens (primary N) is 1. The minimum absolute atomic E-state index is 0.0265. The van der Waals surface area contributed by atoms with Gasteiger partial charge in [0.1, 0.15) is 0 Å². The molecule has 1 aliphatic heterocycles. The second kappa shape index (κ2) is 5.48. The molecule has 4 heteroatoms. The van der Waals surface area contributed by atoms with Crippen LogP contribution in [-0.4, -0.2) is 23.4 Å². The lowest BCUT2D eigenvalue weighted by Gasteiger charge is -2.27. The molecule has 0 saturated heterocycles. The highest BCUT2D eigenvalue weighted by Gasteiger charge is 2.27. The van der Waals surface area contributed by atoms with E-state index in [9.17, 15) is 4.79 Å². The van der Waals surface area contributed by atoms with Gasteiger partial charge in [-0.3, -0.25) is 4.79 Å². The summed E-state index contributed by atoms with van der Waals surface area (Å²) >= 11 is 0. The summed E-state index contributed by atoms with van der Waals surface area (Å²) in [5.74, 6) is 0.0265. The number of rotatable bonds is 2. The second-order valence-electron chi connectivity index (χ2n) is 5.42. The van der Waals surface area contributed by atoms with E-state index in [1.807, 2.05) is 53.4 Å². The van der Waals surface area contributed by atoms with E-state index in [1.165, 1.54) is 0 Å². The molecule has 21 heavy (non-hydrogen) atoms. The molecule has 0 radical (unpaired) electrons. The van der Waals surface area contributed by atoms with Crippen LogP contribution < -0.4 is 11.1 Å². The van der Waals surface area contributed by atoms with Crippen LogP contribution in [0, 0.1) is 0 Å². The van der Waals surface area contributed by atoms with Crippen molar-refractivity contribution in [1.82, 2.24) is 4.90 Å². The van der Waals surface area contributed by atoms with Crippen LogP contribution in [0.15, 0.2) is 48.5 Å². The lowest BCUT2D eigenvalue weighted by Crippen LogP contribution is -2.39. The number of carbonyl (C=O) groups is 1. The summed E-state index contributed by atoms with van der Waals surface area (Å²) in [6, 6.07) is 15.6. The topological polar surface area (TPSA) is 58.4 Å². The zero-order valence-corrected chi connectivity index (χ0v) is 12.0. The van der Waals surface area contributed by atoms with Crippen molar-refractivity contribution in [2.45, 2.75) is 19.5 Å². The number of hydrogen-bond donors (Lipinski definition) is 2. The quantitative estimate of drug-likeness (QED) is 0.832. The molecule has 3 N–H and O–H groups in total. The summed E-state index contributed by atoms with van der Waals surface area (Å²) in [4.78, 5) is 14.7. The van der Waals surface area contributed by atoms with Gasteiger partial charge in [-0.25, -0.2) is 0 Å². The first-order valence-electron chi connectivity index (χ1n) is 7.14. The van der Waals surface area contributed by atoms with Crippen molar-refractivity contribution in [3.05, 3.63) is 59.7 Å². The Bertz CT molecular complexity index is 654. The SMILES string of the molecule is CC1CNc2c(N)cccc2C(=O)N1Cc1ccccc1. The van der Waals surface area contributed by atoms with E-state index >= 15 is 0 Å². The normalized spacial score (nSPS) is 17.9. The van der Waals surface area contributed by atoms with Crippen LogP contribution in [0.2, 0.25) is 0 Å². The van der Waals surface area contributed by atoms with Gasteiger partial charge in [0.25, 0.3) is 5.91 Å². The van der Waals surface area contributed by atoms with Gasteiger partial charge in [0, 0.05) is 19.1 Å². The van der Waals surface area contributed by atoms with Gasteiger partial charge in [-0.1, -0.05) is 36.4 Å². The monoisotopic (exact) mass is 281 g/mol. The van der Waals surface area contributed by atoms with E-state index in [0.717, 1.165) is 11.3 Å². The zero-order chi connectivity index (χ0) is 14.8. The molecule has 0 fully saturated rings. The van der Waals surface area contributed by atoms with E-state index in [-0.39, 0.29) is 11.9 Å². The standard InChI is InChI=1S/C17H19N3O/c1-12-10-19-16-14(8-5-9-15(16)18)17(21)20(12)11-13-6-3-2-4-7-13/h2-9,12,19H,10-11,18H2,1H3. The first kappa shape index (κ1) is 13.5. The molecular formula is C17H19N3O. The molecule has 1 aliphatic rings. The maximum atomic E-state index is 12.8. The van der Waals surface area contributed by atoms with Crippen molar-refractivity contribution < 1.29 is 4.79 Å². The maximum absolute atomic E-state index is 12.8. The Kier molecular flexibility index (Phi) is 3.52. The summed E-state index contributed by atoms with van der Waals surface area (Å²) in [5.41, 5.74) is 9.14. The van der Waals surface area contributed by atoms with Crippen molar-refractivity contribution in [1.29, 1.82) is 0 Å². The third-order valence-corrected chi connectivity index (χ3v) is 3.89. The van der Waals surface area contributed by atoms with Crippen molar-refractivity contribution in [2.24, 2.45) is 0 Å². The third-order valence-electron chi connectivity index (χ3n) is 3.89. The van der Waals surface area contributed by atoms with Gasteiger partial charge in [-0.05, 0) is 24.6 Å². The van der Waals surface area contributed by atoms with Crippen LogP contribution in [0.1, 0.15) is 22.8 Å². The molecule has 2 aromatic carbocycles. The molecule has 3 rings (SSSR count). The Hall–Kier alpha value is -2.49. The Morgan fingerprint density at radius 2 is 1.95 bits per heavy atom. The molecule has 1 atom stereocenters. The highest BCUT2D eigenvalue weighted by molar-refractivity contribution is 6.03. The minimum atomic E-state index is 0.0265. The van der Waals surface area contributed by atoms with Crippen LogP contribution in [0.25, 0.3) is 0 Å². The summed E-state index contributed by atoms with van der Waals surface area (Å²) in [5, 5.41) is 3.30. The van der Waals surface area contributed by atoms with Crippen molar-refractivity contribution in [3.63, 3.8) is 0 Å². The number of carbonyl (C=O) groups excluding carboxylic acids is 1. The Labute approximate surface area is 124 Å². The smallest absolute Gasteiger partial charge is 0.256 e. The van der Waals surface area contributed by atoms with Gasteiger partial charge < -0.3 is 16.0 Å². The molecule has 4 nitrogen and oxygen atoms in total. The Balaban J connectivity index is 1.95. The predicted octanol–water partition coefficient (Wildman–Crippen LogP) is 2.73. The zero-order valence-electron chi connectivity index (χ0n) is 12.0. The molecule has 0 saturated carbocycles. The summed E-state index contributed by atoms with van der Waals surface area (Å²) in [6.07, 6.45) is 0. The fraction of sp³-hybridized carbons (Fsp3) is 0.235. The van der Waals surface area contributed by atoms with Crippen molar-refractivity contribution in [2.75, 3.05) is 17.6 Å². The van der Waals surface area contributed by atoms with Gasteiger partial charge >= 0.3 is 0 Å². The number of nitrogen functional groups attached to an aromatic ring is 1. The first-order chi connectivity index (χ1) is 10.2. The molecule has 0 spiro atoms. The van der Waals surface area contributed by atoms with Crippen molar-refractivity contribution in [3.8, 4) is 0 Å². The Morgan fingerprint density at radius 3 is 2.71 bits per heavy atom. The number of nitrogens with one attached hydrogen (secondary N) is 1. The lowest BCUT2D eigenvalue weighted by atomic mass is 10.1. The van der Waals surface area contributed by atoms with E-state index in [0.29, 0.717) is 24.3 Å². The average Bonchev–Trinajstić information content (AvgIpc) is 2.62. The van der Waals surface area contributed by atoms with E-state index in [2.05, 4.69) is 12.2 Å². The van der Waals surface area contributed by atoms with Crippen LogP contribution in [0.3, 0.4) is 0 Å². The maximum Gasteiger partial charge on any atom is 0.256 e. The van der Waals surface area contributed by atoms with Gasteiger partial charge in [0.15, 0.2) is 0 Å². The number of hydrogen-bond acceptors (Lipinski definition) is 3. The molecule has 108 valence electrons. The fourth-order valence-corrected chi connectivity index (χ4v) is 2.67. The average molecular weight is 281 g/mol. The number of fused-ring (bicyclic) bond motifs is 1. The first-order valence-corrected chi connectivity index (χ1v) is 7.14. The van der Waals surface area contributed by atoms with E-state index in [1.54, 1.807) is 0 Å². The fourth-order valence-electron chi connectivity index (χ4n) is 2.67. The number of amides is 1. The van der Waals surface area contributed by atoms with E-state index in [4.69, 9.17) is 5.73 Å². The molecule has 2 aromatic rings. The largest absolute Gasteiger partial charge is 0.397 e. The number of anilines is 2.